The molecule has 5 heteroatoms. The van der Waals surface area contributed by atoms with Crippen LogP contribution in [-0.2, 0) is 0 Å². The fraction of sp³-hybridized carbons (Fsp3) is 0.111. The van der Waals surface area contributed by atoms with Crippen molar-refractivity contribution in [3.8, 4) is 0 Å². The highest BCUT2D eigenvalue weighted by molar-refractivity contribution is 5.82. The molecule has 0 fully saturated rings. The molecule has 0 spiro atoms. The molecule has 0 saturated heterocycles. The Morgan fingerprint density at radius 3 is 2.43 bits per heavy atom. The Bertz CT molecular complexity index is 562. The number of halogens is 2. The number of nitrogens with zero attached hydrogens (tertiary/aromatic N) is 1. The first-order chi connectivity index (χ1) is 6.59. The Balaban J connectivity index is 3.02. The summed E-state index contributed by atoms with van der Waals surface area (Å²) in [6.45, 7) is 1.54. The van der Waals surface area contributed by atoms with Crippen LogP contribution in [0, 0.1) is 18.6 Å². The zero-order valence-corrected chi connectivity index (χ0v) is 7.17. The summed E-state index contributed by atoms with van der Waals surface area (Å²) < 4.78 is 30.0. The zero-order chi connectivity index (χ0) is 10.3. The van der Waals surface area contributed by atoms with Crippen LogP contribution in [0.15, 0.2) is 21.5 Å². The minimum absolute atomic E-state index is 0.00333. The summed E-state index contributed by atoms with van der Waals surface area (Å²) in [5.41, 5.74) is -0.428. The van der Waals surface area contributed by atoms with Crippen molar-refractivity contribution in [2.24, 2.45) is 0 Å². The predicted molar refractivity (Wildman–Crippen MR) is 44.9 cm³/mol. The summed E-state index contributed by atoms with van der Waals surface area (Å²) in [5, 5.41) is 3.66. The molecule has 0 aliphatic heterocycles. The van der Waals surface area contributed by atoms with Crippen molar-refractivity contribution in [1.82, 2.24) is 5.16 Å². The first-order valence-corrected chi connectivity index (χ1v) is 3.85. The molecule has 72 valence electrons. The van der Waals surface area contributed by atoms with Gasteiger partial charge < -0.3 is 4.52 Å². The Kier molecular flexibility index (Phi) is 1.80. The molecule has 0 bridgehead atoms. The van der Waals surface area contributed by atoms with E-state index in [1.54, 1.807) is 6.92 Å². The van der Waals surface area contributed by atoms with E-state index in [2.05, 4.69) is 9.68 Å². The van der Waals surface area contributed by atoms with Gasteiger partial charge in [-0.2, -0.15) is 0 Å². The molecule has 1 aromatic heterocycles. The first kappa shape index (κ1) is 8.80. The van der Waals surface area contributed by atoms with Gasteiger partial charge in [-0.1, -0.05) is 5.16 Å². The zero-order valence-electron chi connectivity index (χ0n) is 7.17. The van der Waals surface area contributed by atoms with Gasteiger partial charge in [-0.15, -0.1) is 0 Å². The third-order valence-electron chi connectivity index (χ3n) is 1.94. The van der Waals surface area contributed by atoms with Gasteiger partial charge in [-0.05, 0) is 19.1 Å². The minimum atomic E-state index is -1.07. The van der Waals surface area contributed by atoms with Gasteiger partial charge in [0.05, 0.1) is 11.1 Å². The number of rotatable bonds is 0. The lowest BCUT2D eigenvalue weighted by molar-refractivity contribution is 0.370. The molecule has 0 aliphatic rings. The summed E-state index contributed by atoms with van der Waals surface area (Å²) in [4.78, 5) is 11.1. The summed E-state index contributed by atoms with van der Waals surface area (Å²) in [5.74, 6) is -2.08. The number of aryl methyl sites for hydroxylation is 1. The molecule has 2 aromatic rings. The van der Waals surface area contributed by atoms with E-state index in [9.17, 15) is 13.6 Å². The Labute approximate surface area is 76.9 Å². The van der Waals surface area contributed by atoms with Crippen LogP contribution in [0.4, 0.5) is 8.78 Å². The molecule has 0 saturated carbocycles. The van der Waals surface area contributed by atoms with Crippen LogP contribution in [0.5, 0.6) is 0 Å². The number of benzene rings is 1. The molecule has 1 aromatic carbocycles. The third kappa shape index (κ3) is 1.17. The van der Waals surface area contributed by atoms with Crippen molar-refractivity contribution in [2.75, 3.05) is 0 Å². The van der Waals surface area contributed by atoms with Crippen LogP contribution in [0.1, 0.15) is 5.69 Å². The summed E-state index contributed by atoms with van der Waals surface area (Å²) >= 11 is 0. The maximum atomic E-state index is 12.8. The quantitative estimate of drug-likeness (QED) is 0.646. The van der Waals surface area contributed by atoms with Gasteiger partial charge >= 0.3 is 5.63 Å². The fourth-order valence-corrected chi connectivity index (χ4v) is 1.22. The van der Waals surface area contributed by atoms with E-state index in [4.69, 9.17) is 0 Å². The van der Waals surface area contributed by atoms with Crippen LogP contribution >= 0.6 is 0 Å². The molecule has 14 heavy (non-hydrogen) atoms. The Hall–Kier alpha value is -1.78. The van der Waals surface area contributed by atoms with E-state index in [0.29, 0.717) is 5.69 Å². The molecule has 3 nitrogen and oxygen atoms in total. The molecule has 0 atom stereocenters. The van der Waals surface area contributed by atoms with Crippen molar-refractivity contribution in [3.05, 3.63) is 39.9 Å². The van der Waals surface area contributed by atoms with E-state index < -0.39 is 17.3 Å². The molecular formula is C9H5F2NO2. The maximum absolute atomic E-state index is 12.8. The second kappa shape index (κ2) is 2.87. The topological polar surface area (TPSA) is 43.1 Å². The summed E-state index contributed by atoms with van der Waals surface area (Å²) in [6, 6.07) is 1.75. The maximum Gasteiger partial charge on any atom is 0.366 e. The largest absolute Gasteiger partial charge is 0.366 e. The van der Waals surface area contributed by atoms with Crippen molar-refractivity contribution in [2.45, 2.75) is 6.92 Å². The number of hydrogen-bond donors (Lipinski definition) is 0. The number of hydrogen-bond acceptors (Lipinski definition) is 3. The van der Waals surface area contributed by atoms with Crippen LogP contribution < -0.4 is 5.63 Å². The first-order valence-electron chi connectivity index (χ1n) is 3.85. The Morgan fingerprint density at radius 1 is 1.21 bits per heavy atom. The molecule has 0 unspecified atom stereocenters. The fourth-order valence-electron chi connectivity index (χ4n) is 1.22. The monoisotopic (exact) mass is 197 g/mol. The van der Waals surface area contributed by atoms with Crippen LogP contribution in [0.3, 0.4) is 0 Å². The van der Waals surface area contributed by atoms with Crippen molar-refractivity contribution in [3.63, 3.8) is 0 Å². The molecule has 0 radical (unpaired) electrons. The van der Waals surface area contributed by atoms with Gasteiger partial charge in [0.2, 0.25) is 0 Å². The van der Waals surface area contributed by atoms with E-state index >= 15 is 0 Å². The van der Waals surface area contributed by atoms with E-state index in [1.165, 1.54) is 0 Å². The molecule has 1 heterocycles. The van der Waals surface area contributed by atoms with Gasteiger partial charge in [0.25, 0.3) is 0 Å². The van der Waals surface area contributed by atoms with E-state index in [0.717, 1.165) is 12.1 Å². The van der Waals surface area contributed by atoms with Crippen LogP contribution in [0.2, 0.25) is 0 Å². The predicted octanol–water partition coefficient (Wildman–Crippen LogP) is 1.77. The van der Waals surface area contributed by atoms with Gasteiger partial charge in [0, 0.05) is 5.39 Å². The average Bonchev–Trinajstić information content (AvgIpc) is 2.15. The van der Waals surface area contributed by atoms with E-state index in [-0.39, 0.29) is 10.8 Å². The SMILES string of the molecule is Cc1noc(=O)c2cc(F)c(F)cc12. The second-order valence-corrected chi connectivity index (χ2v) is 2.87. The molecular weight excluding hydrogens is 192 g/mol. The summed E-state index contributed by atoms with van der Waals surface area (Å²) in [7, 11) is 0. The average molecular weight is 197 g/mol. The summed E-state index contributed by atoms with van der Waals surface area (Å²) in [6.07, 6.45) is 0. The van der Waals surface area contributed by atoms with Gasteiger partial charge in [-0.3, -0.25) is 0 Å². The second-order valence-electron chi connectivity index (χ2n) is 2.87. The molecule has 0 amide bonds. The van der Waals surface area contributed by atoms with Gasteiger partial charge in [-0.25, -0.2) is 13.6 Å². The standard InChI is InChI=1S/C9H5F2NO2/c1-4-5-2-7(10)8(11)3-6(5)9(13)14-12-4/h2-3H,1H3. The lowest BCUT2D eigenvalue weighted by atomic mass is 10.1. The third-order valence-corrected chi connectivity index (χ3v) is 1.94. The molecule has 0 N–H and O–H groups in total. The van der Waals surface area contributed by atoms with Crippen molar-refractivity contribution in [1.29, 1.82) is 0 Å². The van der Waals surface area contributed by atoms with Crippen molar-refractivity contribution >= 4 is 10.8 Å². The normalized spacial score (nSPS) is 10.8. The highest BCUT2D eigenvalue weighted by Gasteiger charge is 2.10. The van der Waals surface area contributed by atoms with E-state index in [1.807, 2.05) is 0 Å². The van der Waals surface area contributed by atoms with Gasteiger partial charge in [0.15, 0.2) is 11.6 Å². The Morgan fingerprint density at radius 2 is 1.79 bits per heavy atom. The smallest absolute Gasteiger partial charge is 0.313 e. The number of aromatic nitrogens is 1. The van der Waals surface area contributed by atoms with Gasteiger partial charge in [0.1, 0.15) is 0 Å². The van der Waals surface area contributed by atoms with Crippen molar-refractivity contribution < 1.29 is 13.3 Å². The number of fused-ring (bicyclic) bond motifs is 1. The molecule has 0 aliphatic carbocycles. The highest BCUT2D eigenvalue weighted by atomic mass is 19.2. The lowest BCUT2D eigenvalue weighted by Gasteiger charge is -1.99. The highest BCUT2D eigenvalue weighted by Crippen LogP contribution is 2.17. The van der Waals surface area contributed by atoms with Crippen LogP contribution in [0.25, 0.3) is 10.8 Å². The van der Waals surface area contributed by atoms with Crippen LogP contribution in [-0.4, -0.2) is 5.16 Å². The molecule has 2 rings (SSSR count). The minimum Gasteiger partial charge on any atom is -0.313 e. The lowest BCUT2D eigenvalue weighted by Crippen LogP contribution is -2.04.